The number of hydrogen-bond acceptors (Lipinski definition) is 1. The molecule has 15 heavy (non-hydrogen) atoms. The van der Waals surface area contributed by atoms with Crippen LogP contribution in [-0.2, 0) is 11.3 Å². The summed E-state index contributed by atoms with van der Waals surface area (Å²) in [4.78, 5) is 13.5. The van der Waals surface area contributed by atoms with Crippen LogP contribution in [0, 0.1) is 20.8 Å². The third-order valence-corrected chi connectivity index (χ3v) is 3.12. The van der Waals surface area contributed by atoms with Gasteiger partial charge in [0.05, 0.1) is 0 Å². The number of rotatable bonds is 3. The summed E-state index contributed by atoms with van der Waals surface area (Å²) in [5, 5.41) is 0. The summed E-state index contributed by atoms with van der Waals surface area (Å²) in [6, 6.07) is 0. The highest BCUT2D eigenvalue weighted by molar-refractivity contribution is 5.75. The van der Waals surface area contributed by atoms with Gasteiger partial charge < -0.3 is 9.47 Å². The number of carbonyl (C=O) groups excluding carboxylic acids is 1. The SMILES string of the molecule is CCN(C)C(=O)Cn1cc(C)c(C)c1C. The van der Waals surface area contributed by atoms with Crippen LogP contribution in [0.5, 0.6) is 0 Å². The second-order valence-electron chi connectivity index (χ2n) is 4.06. The van der Waals surface area contributed by atoms with Crippen LogP contribution in [-0.4, -0.2) is 29.0 Å². The van der Waals surface area contributed by atoms with Crippen LogP contribution in [0.1, 0.15) is 23.7 Å². The normalized spacial score (nSPS) is 10.5. The van der Waals surface area contributed by atoms with E-state index in [1.807, 2.05) is 24.7 Å². The number of amides is 1. The standard InChI is InChI=1S/C12H20N2O/c1-6-13(5)12(15)8-14-7-9(2)10(3)11(14)4/h7H,6,8H2,1-5H3. The number of nitrogens with zero attached hydrogens (tertiary/aromatic N) is 2. The van der Waals surface area contributed by atoms with E-state index >= 15 is 0 Å². The van der Waals surface area contributed by atoms with E-state index in [0.29, 0.717) is 6.54 Å². The molecule has 0 atom stereocenters. The highest BCUT2D eigenvalue weighted by Gasteiger charge is 2.11. The average molecular weight is 208 g/mol. The van der Waals surface area contributed by atoms with Crippen LogP contribution < -0.4 is 0 Å². The molecule has 0 aromatic carbocycles. The first-order chi connectivity index (χ1) is 6.97. The Balaban J connectivity index is 2.81. The van der Waals surface area contributed by atoms with Gasteiger partial charge >= 0.3 is 0 Å². The first-order valence-electron chi connectivity index (χ1n) is 5.34. The molecule has 0 spiro atoms. The molecule has 0 saturated carbocycles. The third kappa shape index (κ3) is 2.41. The summed E-state index contributed by atoms with van der Waals surface area (Å²) in [5.41, 5.74) is 3.71. The van der Waals surface area contributed by atoms with Gasteiger partial charge in [-0.25, -0.2) is 0 Å². The van der Waals surface area contributed by atoms with Crippen LogP contribution in [0.25, 0.3) is 0 Å². The maximum absolute atomic E-state index is 11.7. The lowest BCUT2D eigenvalue weighted by Crippen LogP contribution is -2.29. The van der Waals surface area contributed by atoms with Crippen molar-refractivity contribution >= 4 is 5.91 Å². The van der Waals surface area contributed by atoms with Gasteiger partial charge in [0.15, 0.2) is 0 Å². The van der Waals surface area contributed by atoms with E-state index in [1.54, 1.807) is 4.90 Å². The molecule has 0 radical (unpaired) electrons. The van der Waals surface area contributed by atoms with Crippen LogP contribution >= 0.6 is 0 Å². The van der Waals surface area contributed by atoms with Gasteiger partial charge in [-0.1, -0.05) is 0 Å². The van der Waals surface area contributed by atoms with Crippen molar-refractivity contribution in [3.8, 4) is 0 Å². The molecule has 3 heteroatoms. The Hall–Kier alpha value is -1.25. The second kappa shape index (κ2) is 4.51. The Morgan fingerprint density at radius 3 is 2.40 bits per heavy atom. The Morgan fingerprint density at radius 1 is 1.40 bits per heavy atom. The molecule has 0 fully saturated rings. The smallest absolute Gasteiger partial charge is 0.242 e. The van der Waals surface area contributed by atoms with E-state index in [0.717, 1.165) is 6.54 Å². The van der Waals surface area contributed by atoms with E-state index < -0.39 is 0 Å². The zero-order valence-electron chi connectivity index (χ0n) is 10.3. The van der Waals surface area contributed by atoms with Gasteiger partial charge in [0.2, 0.25) is 5.91 Å². The van der Waals surface area contributed by atoms with Crippen molar-refractivity contribution < 1.29 is 4.79 Å². The van der Waals surface area contributed by atoms with Gasteiger partial charge in [0, 0.05) is 25.5 Å². The summed E-state index contributed by atoms with van der Waals surface area (Å²) in [6.07, 6.45) is 2.05. The minimum Gasteiger partial charge on any atom is -0.344 e. The lowest BCUT2D eigenvalue weighted by atomic mass is 10.2. The molecule has 3 nitrogen and oxygen atoms in total. The largest absolute Gasteiger partial charge is 0.344 e. The molecule has 0 unspecified atom stereocenters. The molecule has 1 amide bonds. The lowest BCUT2D eigenvalue weighted by Gasteiger charge is -2.15. The number of carbonyl (C=O) groups is 1. The van der Waals surface area contributed by atoms with Gasteiger partial charge in [-0.05, 0) is 38.8 Å². The van der Waals surface area contributed by atoms with Gasteiger partial charge in [-0.3, -0.25) is 4.79 Å². The van der Waals surface area contributed by atoms with E-state index in [-0.39, 0.29) is 5.91 Å². The Kier molecular flexibility index (Phi) is 3.56. The molecule has 1 rings (SSSR count). The van der Waals surface area contributed by atoms with Gasteiger partial charge in [-0.15, -0.1) is 0 Å². The molecule has 0 aliphatic heterocycles. The Morgan fingerprint density at radius 2 is 2.00 bits per heavy atom. The van der Waals surface area contributed by atoms with Crippen molar-refractivity contribution in [1.29, 1.82) is 0 Å². The summed E-state index contributed by atoms with van der Waals surface area (Å²) >= 11 is 0. The molecular formula is C12H20N2O. The maximum Gasteiger partial charge on any atom is 0.242 e. The molecule has 1 heterocycles. The molecule has 1 aromatic rings. The molecule has 0 aliphatic rings. The predicted octanol–water partition coefficient (Wildman–Crippen LogP) is 1.89. The fraction of sp³-hybridized carbons (Fsp3) is 0.583. The van der Waals surface area contributed by atoms with Gasteiger partial charge in [0.1, 0.15) is 6.54 Å². The highest BCUT2D eigenvalue weighted by atomic mass is 16.2. The van der Waals surface area contributed by atoms with Crippen molar-refractivity contribution in [1.82, 2.24) is 9.47 Å². The Bertz CT molecular complexity index is 366. The van der Waals surface area contributed by atoms with Crippen LogP contribution in [0.3, 0.4) is 0 Å². The van der Waals surface area contributed by atoms with Crippen molar-refractivity contribution in [3.63, 3.8) is 0 Å². The minimum atomic E-state index is 0.163. The molecular weight excluding hydrogens is 188 g/mol. The first-order valence-corrected chi connectivity index (χ1v) is 5.34. The third-order valence-electron chi connectivity index (χ3n) is 3.12. The van der Waals surface area contributed by atoms with Crippen LogP contribution in [0.15, 0.2) is 6.20 Å². The highest BCUT2D eigenvalue weighted by Crippen LogP contribution is 2.14. The number of aryl methyl sites for hydroxylation is 1. The van der Waals surface area contributed by atoms with E-state index in [9.17, 15) is 4.79 Å². The van der Waals surface area contributed by atoms with Crippen molar-refractivity contribution in [3.05, 3.63) is 23.0 Å². The average Bonchev–Trinajstić information content (AvgIpc) is 2.45. The fourth-order valence-corrected chi connectivity index (χ4v) is 1.54. The first kappa shape index (κ1) is 11.8. The number of aromatic nitrogens is 1. The molecule has 0 N–H and O–H groups in total. The topological polar surface area (TPSA) is 25.2 Å². The maximum atomic E-state index is 11.7. The van der Waals surface area contributed by atoms with Crippen molar-refractivity contribution in [2.45, 2.75) is 34.2 Å². The monoisotopic (exact) mass is 208 g/mol. The predicted molar refractivity (Wildman–Crippen MR) is 62.0 cm³/mol. The number of likely N-dealkylation sites (N-methyl/N-ethyl adjacent to an activating group) is 1. The van der Waals surface area contributed by atoms with Gasteiger partial charge in [0.25, 0.3) is 0 Å². The molecule has 0 saturated heterocycles. The quantitative estimate of drug-likeness (QED) is 0.744. The molecule has 1 aromatic heterocycles. The molecule has 84 valence electrons. The minimum absolute atomic E-state index is 0.163. The lowest BCUT2D eigenvalue weighted by molar-refractivity contribution is -0.130. The zero-order valence-corrected chi connectivity index (χ0v) is 10.3. The van der Waals surface area contributed by atoms with Crippen LogP contribution in [0.2, 0.25) is 0 Å². The Labute approximate surface area is 91.7 Å². The summed E-state index contributed by atoms with van der Waals surface area (Å²) < 4.78 is 2.03. The summed E-state index contributed by atoms with van der Waals surface area (Å²) in [5.74, 6) is 0.163. The second-order valence-corrected chi connectivity index (χ2v) is 4.06. The van der Waals surface area contributed by atoms with Gasteiger partial charge in [-0.2, -0.15) is 0 Å². The van der Waals surface area contributed by atoms with Crippen LogP contribution in [0.4, 0.5) is 0 Å². The zero-order chi connectivity index (χ0) is 11.6. The number of hydrogen-bond donors (Lipinski definition) is 0. The summed E-state index contributed by atoms with van der Waals surface area (Å²) in [6.45, 7) is 9.42. The molecule has 0 aliphatic carbocycles. The summed E-state index contributed by atoms with van der Waals surface area (Å²) in [7, 11) is 1.83. The van der Waals surface area contributed by atoms with Crippen molar-refractivity contribution in [2.75, 3.05) is 13.6 Å². The van der Waals surface area contributed by atoms with E-state index in [4.69, 9.17) is 0 Å². The van der Waals surface area contributed by atoms with E-state index in [2.05, 4.69) is 20.8 Å². The molecule has 0 bridgehead atoms. The van der Waals surface area contributed by atoms with E-state index in [1.165, 1.54) is 16.8 Å². The van der Waals surface area contributed by atoms with Crippen molar-refractivity contribution in [2.24, 2.45) is 0 Å². The fourth-order valence-electron chi connectivity index (χ4n) is 1.54.